The van der Waals surface area contributed by atoms with Crippen LogP contribution in [0.4, 0.5) is 17.6 Å². The number of hydrogen-bond donors (Lipinski definition) is 0. The molecule has 17 heavy (non-hydrogen) atoms. The third-order valence-corrected chi connectivity index (χ3v) is 2.07. The summed E-state index contributed by atoms with van der Waals surface area (Å²) < 4.78 is 50.7. The predicted molar refractivity (Wildman–Crippen MR) is 55.2 cm³/mol. The number of allylic oxidation sites excluding steroid dienone is 1. The summed E-state index contributed by atoms with van der Waals surface area (Å²) in [6.07, 6.45) is -4.97. The van der Waals surface area contributed by atoms with E-state index in [1.54, 1.807) is 6.92 Å². The SMILES string of the molecule is C=C(C)CC(=O)c1cccc(C(F)(F)F)c1F. The number of rotatable bonds is 3. The smallest absolute Gasteiger partial charge is 0.294 e. The van der Waals surface area contributed by atoms with Gasteiger partial charge in [0.2, 0.25) is 0 Å². The molecule has 1 aromatic rings. The van der Waals surface area contributed by atoms with Crippen LogP contribution in [-0.2, 0) is 6.18 Å². The van der Waals surface area contributed by atoms with Gasteiger partial charge in [-0.05, 0) is 19.1 Å². The van der Waals surface area contributed by atoms with E-state index in [0.29, 0.717) is 11.6 Å². The average Bonchev–Trinajstić information content (AvgIpc) is 2.14. The highest BCUT2D eigenvalue weighted by Crippen LogP contribution is 2.32. The zero-order chi connectivity index (χ0) is 13.2. The summed E-state index contributed by atoms with van der Waals surface area (Å²) in [5.41, 5.74) is -1.51. The largest absolute Gasteiger partial charge is 0.419 e. The van der Waals surface area contributed by atoms with Crippen LogP contribution in [0.5, 0.6) is 0 Å². The van der Waals surface area contributed by atoms with Crippen molar-refractivity contribution in [1.29, 1.82) is 0 Å². The Morgan fingerprint density at radius 1 is 1.35 bits per heavy atom. The molecule has 0 aliphatic rings. The second-order valence-corrected chi connectivity index (χ2v) is 3.72. The van der Waals surface area contributed by atoms with Gasteiger partial charge in [-0.15, -0.1) is 0 Å². The molecule has 92 valence electrons. The van der Waals surface area contributed by atoms with E-state index in [2.05, 4.69) is 6.58 Å². The molecule has 0 saturated heterocycles. The molecule has 0 unspecified atom stereocenters. The van der Waals surface area contributed by atoms with Crippen molar-refractivity contribution in [3.63, 3.8) is 0 Å². The van der Waals surface area contributed by atoms with Crippen molar-refractivity contribution < 1.29 is 22.4 Å². The van der Waals surface area contributed by atoms with E-state index in [4.69, 9.17) is 0 Å². The highest BCUT2D eigenvalue weighted by molar-refractivity contribution is 5.97. The highest BCUT2D eigenvalue weighted by atomic mass is 19.4. The number of carbonyl (C=O) groups excluding carboxylic acids is 1. The Morgan fingerprint density at radius 2 is 1.94 bits per heavy atom. The lowest BCUT2D eigenvalue weighted by Gasteiger charge is -2.10. The highest BCUT2D eigenvalue weighted by Gasteiger charge is 2.35. The van der Waals surface area contributed by atoms with Crippen LogP contribution in [0.1, 0.15) is 29.3 Å². The van der Waals surface area contributed by atoms with Gasteiger partial charge >= 0.3 is 6.18 Å². The summed E-state index contributed by atoms with van der Waals surface area (Å²) in [4.78, 5) is 11.5. The zero-order valence-corrected chi connectivity index (χ0v) is 9.07. The van der Waals surface area contributed by atoms with Crippen LogP contribution >= 0.6 is 0 Å². The van der Waals surface area contributed by atoms with E-state index >= 15 is 0 Å². The first-order chi connectivity index (χ1) is 7.73. The van der Waals surface area contributed by atoms with Crippen LogP contribution in [-0.4, -0.2) is 5.78 Å². The van der Waals surface area contributed by atoms with Gasteiger partial charge < -0.3 is 0 Å². The summed E-state index contributed by atoms with van der Waals surface area (Å²) in [5.74, 6) is -2.23. The fraction of sp³-hybridized carbons (Fsp3) is 0.250. The van der Waals surface area contributed by atoms with Crippen LogP contribution in [0, 0.1) is 5.82 Å². The summed E-state index contributed by atoms with van der Waals surface area (Å²) in [6, 6.07) is 2.65. The molecule has 0 spiro atoms. The third kappa shape index (κ3) is 3.15. The molecule has 0 radical (unpaired) electrons. The molecule has 1 nitrogen and oxygen atoms in total. The van der Waals surface area contributed by atoms with Gasteiger partial charge in [-0.3, -0.25) is 4.79 Å². The van der Waals surface area contributed by atoms with Crippen LogP contribution in [0.15, 0.2) is 30.4 Å². The molecule has 0 saturated carbocycles. The van der Waals surface area contributed by atoms with Gasteiger partial charge in [-0.2, -0.15) is 13.2 Å². The first-order valence-electron chi connectivity index (χ1n) is 4.76. The molecule has 0 N–H and O–H groups in total. The molecule has 5 heteroatoms. The lowest BCUT2D eigenvalue weighted by Crippen LogP contribution is -2.12. The van der Waals surface area contributed by atoms with Gasteiger partial charge in [-0.25, -0.2) is 4.39 Å². The second-order valence-electron chi connectivity index (χ2n) is 3.72. The van der Waals surface area contributed by atoms with Crippen molar-refractivity contribution in [2.45, 2.75) is 19.5 Å². The summed E-state index contributed by atoms with van der Waals surface area (Å²) >= 11 is 0. The number of hydrogen-bond acceptors (Lipinski definition) is 1. The first-order valence-corrected chi connectivity index (χ1v) is 4.76. The zero-order valence-electron chi connectivity index (χ0n) is 9.07. The van der Waals surface area contributed by atoms with Crippen LogP contribution in [0.3, 0.4) is 0 Å². The van der Waals surface area contributed by atoms with Crippen LogP contribution < -0.4 is 0 Å². The summed E-state index contributed by atoms with van der Waals surface area (Å²) in [6.45, 7) is 5.00. The molecule has 0 bridgehead atoms. The van der Waals surface area contributed by atoms with Crippen LogP contribution in [0.25, 0.3) is 0 Å². The standard InChI is InChI=1S/C12H10F4O/c1-7(2)6-10(17)8-4-3-5-9(11(8)13)12(14,15)16/h3-5H,1,6H2,2H3. The monoisotopic (exact) mass is 246 g/mol. The Kier molecular flexibility index (Phi) is 3.70. The van der Waals surface area contributed by atoms with E-state index in [-0.39, 0.29) is 6.42 Å². The Labute approximate surface area is 95.8 Å². The Bertz CT molecular complexity index is 460. The van der Waals surface area contributed by atoms with Gasteiger partial charge in [0.05, 0.1) is 11.1 Å². The number of carbonyl (C=O) groups is 1. The number of halogens is 4. The lowest BCUT2D eigenvalue weighted by molar-refractivity contribution is -0.140. The maximum Gasteiger partial charge on any atom is 0.419 e. The minimum absolute atomic E-state index is 0.168. The van der Waals surface area contributed by atoms with E-state index in [1.807, 2.05) is 0 Å². The van der Waals surface area contributed by atoms with E-state index in [0.717, 1.165) is 12.1 Å². The maximum absolute atomic E-state index is 13.5. The predicted octanol–water partition coefficient (Wildman–Crippen LogP) is 3.99. The minimum atomic E-state index is -4.80. The van der Waals surface area contributed by atoms with Crippen molar-refractivity contribution in [3.05, 3.63) is 47.3 Å². The number of benzene rings is 1. The third-order valence-electron chi connectivity index (χ3n) is 2.07. The fourth-order valence-electron chi connectivity index (χ4n) is 1.34. The number of alkyl halides is 3. The topological polar surface area (TPSA) is 17.1 Å². The second kappa shape index (κ2) is 4.69. The van der Waals surface area contributed by atoms with Crippen LogP contribution in [0.2, 0.25) is 0 Å². The van der Waals surface area contributed by atoms with Crippen molar-refractivity contribution in [1.82, 2.24) is 0 Å². The van der Waals surface area contributed by atoms with Crippen molar-refractivity contribution >= 4 is 5.78 Å². The van der Waals surface area contributed by atoms with Crippen molar-refractivity contribution in [2.75, 3.05) is 0 Å². The number of Topliss-reactive ketones (excluding diaryl/α,β-unsaturated/α-hetero) is 1. The van der Waals surface area contributed by atoms with Gasteiger partial charge in [0.25, 0.3) is 0 Å². The minimum Gasteiger partial charge on any atom is -0.294 e. The summed E-state index contributed by atoms with van der Waals surface area (Å²) in [5, 5.41) is 0. The Morgan fingerprint density at radius 3 is 2.41 bits per heavy atom. The van der Waals surface area contributed by atoms with Gasteiger partial charge in [0.15, 0.2) is 5.78 Å². The molecule has 1 aromatic carbocycles. The fourth-order valence-corrected chi connectivity index (χ4v) is 1.34. The summed E-state index contributed by atoms with van der Waals surface area (Å²) in [7, 11) is 0. The molecule has 1 rings (SSSR count). The van der Waals surface area contributed by atoms with E-state index in [9.17, 15) is 22.4 Å². The van der Waals surface area contributed by atoms with Crippen molar-refractivity contribution in [3.8, 4) is 0 Å². The molecular formula is C12H10F4O. The molecule has 0 amide bonds. The Hall–Kier alpha value is -1.65. The Balaban J connectivity index is 3.20. The first kappa shape index (κ1) is 13.4. The van der Waals surface area contributed by atoms with E-state index in [1.165, 1.54) is 0 Å². The average molecular weight is 246 g/mol. The number of ketones is 1. The van der Waals surface area contributed by atoms with Crippen molar-refractivity contribution in [2.24, 2.45) is 0 Å². The van der Waals surface area contributed by atoms with Gasteiger partial charge in [0.1, 0.15) is 5.82 Å². The van der Waals surface area contributed by atoms with Gasteiger partial charge in [0, 0.05) is 6.42 Å². The molecule has 0 heterocycles. The molecule has 0 aromatic heterocycles. The normalized spacial score (nSPS) is 11.4. The van der Waals surface area contributed by atoms with Gasteiger partial charge in [-0.1, -0.05) is 18.2 Å². The molecule has 0 fully saturated rings. The van der Waals surface area contributed by atoms with E-state index < -0.39 is 28.9 Å². The molecule has 0 aliphatic carbocycles. The lowest BCUT2D eigenvalue weighted by atomic mass is 10.0. The molecule has 0 atom stereocenters. The molecular weight excluding hydrogens is 236 g/mol. The maximum atomic E-state index is 13.5. The quantitative estimate of drug-likeness (QED) is 0.447. The molecule has 0 aliphatic heterocycles.